The van der Waals surface area contributed by atoms with E-state index in [1.54, 1.807) is 0 Å². The Morgan fingerprint density at radius 2 is 1.62 bits per heavy atom. The van der Waals surface area contributed by atoms with E-state index in [0.29, 0.717) is 0 Å². The summed E-state index contributed by atoms with van der Waals surface area (Å²) in [4.78, 5) is 5.44. The minimum atomic E-state index is 0.975. The first-order valence-corrected chi connectivity index (χ1v) is 23.6. The van der Waals surface area contributed by atoms with E-state index in [2.05, 4.69) is 184 Å². The predicted octanol–water partition coefficient (Wildman–Crippen LogP) is 15.2. The molecule has 0 amide bonds. The van der Waals surface area contributed by atoms with Crippen molar-refractivity contribution < 1.29 is 0 Å². The van der Waals surface area contributed by atoms with Crippen molar-refractivity contribution in [2.75, 3.05) is 16.5 Å². The summed E-state index contributed by atoms with van der Waals surface area (Å²) in [7, 11) is 2.53. The van der Waals surface area contributed by atoms with E-state index in [0.717, 1.165) is 43.5 Å². The minimum absolute atomic E-state index is 0.975. The van der Waals surface area contributed by atoms with Gasteiger partial charge in [-0.1, -0.05) is 109 Å². The maximum absolute atomic E-state index is 3.94. The van der Waals surface area contributed by atoms with E-state index in [1.807, 2.05) is 23.1 Å². The van der Waals surface area contributed by atoms with Gasteiger partial charge in [0.1, 0.15) is 0 Å². The second-order valence-electron chi connectivity index (χ2n) is 16.6. The number of allylic oxidation sites excluding steroid dienone is 4. The van der Waals surface area contributed by atoms with Crippen LogP contribution in [0.2, 0.25) is 0 Å². The van der Waals surface area contributed by atoms with Gasteiger partial charge < -0.3 is 10.2 Å². The van der Waals surface area contributed by atoms with Crippen molar-refractivity contribution in [2.45, 2.75) is 70.6 Å². The molecule has 0 saturated heterocycles. The molecular formula is C55H50BN2S2. The highest BCUT2D eigenvalue weighted by Gasteiger charge is 2.33. The van der Waals surface area contributed by atoms with Gasteiger partial charge in [-0.25, -0.2) is 0 Å². The number of anilines is 4. The van der Waals surface area contributed by atoms with Gasteiger partial charge in [-0.15, -0.1) is 23.1 Å². The number of fused-ring (bicyclic) bond motifs is 4. The number of unbranched alkanes of at least 4 members (excludes halogenated alkanes) is 1. The van der Waals surface area contributed by atoms with Crippen LogP contribution in [0.15, 0.2) is 150 Å². The zero-order valence-electron chi connectivity index (χ0n) is 35.1. The van der Waals surface area contributed by atoms with E-state index in [1.165, 1.54) is 116 Å². The molecule has 2 heterocycles. The molecule has 1 aromatic heterocycles. The van der Waals surface area contributed by atoms with Crippen LogP contribution >= 0.6 is 23.1 Å². The van der Waals surface area contributed by atoms with Crippen molar-refractivity contribution in [2.24, 2.45) is 0 Å². The number of nitrogens with one attached hydrogen (secondary N) is 1. The highest BCUT2D eigenvalue weighted by molar-refractivity contribution is 7.98. The van der Waals surface area contributed by atoms with Gasteiger partial charge in [-0.2, -0.15) is 0 Å². The number of aryl methyl sites for hydroxylation is 4. The molecule has 60 heavy (non-hydrogen) atoms. The smallest absolute Gasteiger partial charge is 0.192 e. The van der Waals surface area contributed by atoms with Crippen molar-refractivity contribution in [3.63, 3.8) is 0 Å². The number of hydrogen-bond acceptors (Lipinski definition) is 4. The van der Waals surface area contributed by atoms with Crippen LogP contribution in [0.25, 0.3) is 44.0 Å². The molecule has 0 atom stereocenters. The molecule has 295 valence electrons. The van der Waals surface area contributed by atoms with Crippen molar-refractivity contribution in [3.05, 3.63) is 177 Å². The number of benzene rings is 6. The van der Waals surface area contributed by atoms with Crippen molar-refractivity contribution in [1.29, 1.82) is 0 Å². The summed E-state index contributed by atoms with van der Waals surface area (Å²) in [6.45, 7) is 6.67. The van der Waals surface area contributed by atoms with Crippen LogP contribution in [0.5, 0.6) is 0 Å². The molecule has 0 saturated carbocycles. The second-order valence-corrected chi connectivity index (χ2v) is 18.6. The highest BCUT2D eigenvalue weighted by atomic mass is 32.2. The summed E-state index contributed by atoms with van der Waals surface area (Å²) >= 11 is 3.80. The average Bonchev–Trinajstić information content (AvgIpc) is 3.66. The van der Waals surface area contributed by atoms with Crippen molar-refractivity contribution >= 4 is 80.3 Å². The Morgan fingerprint density at radius 1 is 0.767 bits per heavy atom. The number of rotatable bonds is 10. The first kappa shape index (κ1) is 38.7. The zero-order valence-corrected chi connectivity index (χ0v) is 36.7. The van der Waals surface area contributed by atoms with E-state index in [4.69, 9.17) is 0 Å². The van der Waals surface area contributed by atoms with Gasteiger partial charge in [-0.3, -0.25) is 0 Å². The lowest BCUT2D eigenvalue weighted by atomic mass is 9.55. The Labute approximate surface area is 365 Å². The lowest BCUT2D eigenvalue weighted by Gasteiger charge is -2.38. The highest BCUT2D eigenvalue weighted by Crippen LogP contribution is 2.47. The Kier molecular flexibility index (Phi) is 10.7. The van der Waals surface area contributed by atoms with Gasteiger partial charge in [0, 0.05) is 53.9 Å². The Hall–Kier alpha value is -5.49. The fraction of sp³-hybridized carbons (Fsp3) is 0.200. The third-order valence-corrected chi connectivity index (χ3v) is 14.6. The molecule has 0 bridgehead atoms. The molecule has 5 heteroatoms. The largest absolute Gasteiger partial charge is 0.355 e. The van der Waals surface area contributed by atoms with Gasteiger partial charge >= 0.3 is 0 Å². The van der Waals surface area contributed by atoms with Crippen molar-refractivity contribution in [1.82, 2.24) is 0 Å². The Bertz CT molecular complexity index is 2880. The van der Waals surface area contributed by atoms with E-state index in [9.17, 15) is 0 Å². The summed E-state index contributed by atoms with van der Waals surface area (Å²) in [5.74, 6) is 0. The SMILES string of the molecule is CCCCc1ccc(Nc2ccc(C)cc2C)c(-c2cc(-c3ccccc3)cc3c2[B]C2=C(C=C(c4ccccc4SC)CC2)N3c2ccc3sc4c(c3c2)C=CCC4)c1. The fourth-order valence-electron chi connectivity index (χ4n) is 9.42. The van der Waals surface area contributed by atoms with Gasteiger partial charge in [0.15, 0.2) is 7.28 Å². The zero-order chi connectivity index (χ0) is 40.7. The molecule has 0 unspecified atom stereocenters. The lowest BCUT2D eigenvalue weighted by molar-refractivity contribution is 0.795. The summed E-state index contributed by atoms with van der Waals surface area (Å²) < 4.78 is 1.37. The third kappa shape index (κ3) is 7.26. The van der Waals surface area contributed by atoms with Gasteiger partial charge in [0.25, 0.3) is 0 Å². The maximum atomic E-state index is 3.94. The molecule has 1 N–H and O–H groups in total. The van der Waals surface area contributed by atoms with Crippen LogP contribution in [-0.4, -0.2) is 13.5 Å². The molecule has 1 radical (unpaired) electrons. The minimum Gasteiger partial charge on any atom is -0.355 e. The Morgan fingerprint density at radius 3 is 2.47 bits per heavy atom. The van der Waals surface area contributed by atoms with Crippen LogP contribution in [0, 0.1) is 13.8 Å². The molecule has 2 nitrogen and oxygen atoms in total. The van der Waals surface area contributed by atoms with Crippen molar-refractivity contribution in [3.8, 4) is 22.3 Å². The third-order valence-electron chi connectivity index (χ3n) is 12.5. The topological polar surface area (TPSA) is 15.3 Å². The Balaban J connectivity index is 1.24. The summed E-state index contributed by atoms with van der Waals surface area (Å²) in [5, 5.41) is 5.30. The van der Waals surface area contributed by atoms with Crippen LogP contribution in [-0.2, 0) is 12.8 Å². The van der Waals surface area contributed by atoms with Gasteiger partial charge in [-0.05, 0) is 164 Å². The van der Waals surface area contributed by atoms with Crippen LogP contribution in [0.3, 0.4) is 0 Å². The maximum Gasteiger partial charge on any atom is 0.192 e. The molecule has 10 rings (SSSR count). The van der Waals surface area contributed by atoms with Gasteiger partial charge in [0.2, 0.25) is 0 Å². The molecule has 0 spiro atoms. The number of thiophene rings is 1. The number of thioether (sulfide) groups is 1. The number of nitrogens with zero attached hydrogens (tertiary/aromatic N) is 1. The summed E-state index contributed by atoms with van der Waals surface area (Å²) in [6, 6.07) is 45.9. The lowest BCUT2D eigenvalue weighted by Crippen LogP contribution is -2.36. The molecule has 3 aliphatic rings. The van der Waals surface area contributed by atoms with Crippen LogP contribution in [0.1, 0.15) is 71.7 Å². The van der Waals surface area contributed by atoms with E-state index < -0.39 is 0 Å². The predicted molar refractivity (Wildman–Crippen MR) is 264 cm³/mol. The second kappa shape index (κ2) is 16.5. The average molecular weight is 814 g/mol. The first-order chi connectivity index (χ1) is 29.4. The molecule has 6 aromatic carbocycles. The summed E-state index contributed by atoms with van der Waals surface area (Å²) in [5.41, 5.74) is 21.6. The first-order valence-electron chi connectivity index (χ1n) is 21.6. The molecule has 7 aromatic rings. The van der Waals surface area contributed by atoms with E-state index >= 15 is 0 Å². The molecule has 1 aliphatic heterocycles. The summed E-state index contributed by atoms with van der Waals surface area (Å²) in [6.07, 6.45) is 17.0. The standard InChI is InChI=1S/C55H50BN2S2/c1-5-6-14-37-22-27-49(57-48-26-21-35(2)29-36(48)3)44(30-37)46-31-40(38-15-8-7-9-16-38)33-51-55(46)56-47-25-23-39(42-17-10-12-19-52(42)59-4)32-50(47)58(51)41-24-28-54-45(34-41)43-18-11-13-20-53(43)60-54/h7-12,15-19,21-22,24,26-34,57H,5-6,13-14,20,23,25H2,1-4H3. The molecule has 0 fully saturated rings. The molecule has 2 aliphatic carbocycles. The molecular weight excluding hydrogens is 764 g/mol. The normalized spacial score (nSPS) is 14.4. The van der Waals surface area contributed by atoms with Gasteiger partial charge in [0.05, 0.1) is 0 Å². The number of hydrogen-bond donors (Lipinski definition) is 1. The van der Waals surface area contributed by atoms with Crippen LogP contribution in [0.4, 0.5) is 22.7 Å². The quantitative estimate of drug-likeness (QED) is 0.109. The fourth-order valence-corrected chi connectivity index (χ4v) is 11.2. The monoisotopic (exact) mass is 813 g/mol. The van der Waals surface area contributed by atoms with Crippen LogP contribution < -0.4 is 15.7 Å². The van der Waals surface area contributed by atoms with E-state index in [-0.39, 0.29) is 0 Å².